The van der Waals surface area contributed by atoms with Gasteiger partial charge in [-0.1, -0.05) is 164 Å². The Hall–Kier alpha value is -15.6. The Labute approximate surface area is 739 Å². The summed E-state index contributed by atoms with van der Waals surface area (Å²) in [4.78, 5) is 127. The maximum atomic E-state index is 13.3. The van der Waals surface area contributed by atoms with E-state index in [9.17, 15) is 70.9 Å². The number of phenols is 1. The number of hydrogen-bond acceptors (Lipinski definition) is 21. The molecular weight excluding hydrogens is 1720 g/mol. The van der Waals surface area contributed by atoms with E-state index in [1.165, 1.54) is 101 Å². The average molecular weight is 1800 g/mol. The first-order valence-corrected chi connectivity index (χ1v) is 39.5. The van der Waals surface area contributed by atoms with Gasteiger partial charge in [-0.15, -0.1) is 0 Å². The predicted molar refractivity (Wildman–Crippen MR) is 476 cm³/mol. The number of nitrogens with zero attached hydrogens (tertiary/aromatic N) is 4. The fourth-order valence-corrected chi connectivity index (χ4v) is 14.1. The third kappa shape index (κ3) is 23.0. The van der Waals surface area contributed by atoms with Gasteiger partial charge in [-0.25, -0.2) is 46.3 Å². The summed E-state index contributed by atoms with van der Waals surface area (Å²) in [5, 5.41) is 30.5. The number of ether oxygens (including phenoxy) is 7. The minimum atomic E-state index is -1.72. The number of Topliss-reactive ketones (excluding diaryl/α,β-unsaturated/α-hetero) is 3. The smallest absolute Gasteiger partial charge is 0.377 e. The van der Waals surface area contributed by atoms with Gasteiger partial charge in [0.25, 0.3) is 11.6 Å². The van der Waals surface area contributed by atoms with Gasteiger partial charge in [-0.3, -0.25) is 34.3 Å². The Kier molecular flexibility index (Phi) is 31.3. The molecule has 0 aliphatic carbocycles. The zero-order valence-corrected chi connectivity index (χ0v) is 69.9. The van der Waals surface area contributed by atoms with Crippen molar-refractivity contribution < 1.29 is 109 Å². The van der Waals surface area contributed by atoms with Crippen molar-refractivity contribution in [3.05, 3.63) is 389 Å². The van der Waals surface area contributed by atoms with Gasteiger partial charge in [0.05, 0.1) is 28.4 Å². The summed E-state index contributed by atoms with van der Waals surface area (Å²) in [7, 11) is 4.87. The summed E-state index contributed by atoms with van der Waals surface area (Å²) < 4.78 is 90.8. The molecule has 0 saturated heterocycles. The standard InChI is InChI=1S/C27H20FNO6.C27H22FNO4.C25H19BrFNO3.C20H14FNO6.BH4/c1-34-27(33)22-13-21(24(30)26(31)32)20-12-18(11-16-7-9-19(28)10-8-16)14-29-23(20)25(22)35-15-17-5-3-2-4-6-17;1-17(30)22-14-24(27(31)32-2)26(33-16-19-6-4-3-5-7-19)25-23(22)13-20(15-29-25)12-18-8-10-21(28)11-9-18;1-30-25(29)21-13-22(26)20-12-18(11-16-7-9-19(27)10-8-16)14-28-23(20)24(21)31-15-17-5-3-2-4-6-17;1-28-20(27)15-8-14(18(24)19(25)26)13-7-11(9-22-16(13)17(15)23)6-10-2-4-12(21)5-3-10;/h2-10,12-14H,11,15H2,1H3,(H,31,32);3-11,13-15H,12,16H2,1-2H3;2-10,12-14H,11,15H2,1H3;2-5,7-9,23H,6H2,1H3,(H,25,26);1H4/q;;;;-1. The van der Waals surface area contributed by atoms with Gasteiger partial charge in [-0.05, 0) is 191 Å². The van der Waals surface area contributed by atoms with Crippen LogP contribution in [0.3, 0.4) is 0 Å². The second-order valence-electron chi connectivity index (χ2n) is 28.4. The topological polar surface area (TPSA) is 330 Å². The van der Waals surface area contributed by atoms with Crippen molar-refractivity contribution in [2.45, 2.75) is 52.4 Å². The number of carbonyl (C=O) groups excluding carboxylic acids is 7. The molecule has 11 aromatic carbocycles. The Morgan fingerprint density at radius 3 is 0.875 bits per heavy atom. The molecule has 648 valence electrons. The highest BCUT2D eigenvalue weighted by Crippen LogP contribution is 2.40. The van der Waals surface area contributed by atoms with E-state index in [0.29, 0.717) is 81.2 Å². The fourth-order valence-electron chi connectivity index (χ4n) is 13.5. The van der Waals surface area contributed by atoms with Crippen LogP contribution >= 0.6 is 15.9 Å². The van der Waals surface area contributed by atoms with Gasteiger partial charge in [0.1, 0.15) is 87.4 Å². The first-order valence-electron chi connectivity index (χ1n) is 38.7. The quantitative estimate of drug-likeness (QED) is 0.0113. The summed E-state index contributed by atoms with van der Waals surface area (Å²) in [5.74, 6) is -10.0. The van der Waals surface area contributed by atoms with E-state index in [1.807, 2.05) is 103 Å². The molecule has 128 heavy (non-hydrogen) atoms. The Bertz CT molecular complexity index is 6690. The van der Waals surface area contributed by atoms with Crippen molar-refractivity contribution in [3.8, 4) is 23.0 Å². The second kappa shape index (κ2) is 43.1. The number of hydrogen-bond donors (Lipinski definition) is 3. The minimum absolute atomic E-state index is 0. The number of fused-ring (bicyclic) bond motifs is 4. The lowest BCUT2D eigenvalue weighted by Gasteiger charge is -2.16. The number of carboxylic acids is 2. The van der Waals surface area contributed by atoms with Crippen LogP contribution in [0.2, 0.25) is 0 Å². The minimum Gasteiger partial charge on any atom is -0.505 e. The van der Waals surface area contributed by atoms with Crippen LogP contribution in [-0.4, -0.2) is 125 Å². The van der Waals surface area contributed by atoms with Crippen LogP contribution in [0.1, 0.15) is 141 Å². The molecule has 3 N–H and O–H groups in total. The normalized spacial score (nSPS) is 10.6. The number of benzene rings is 11. The number of rotatable bonds is 26. The highest BCUT2D eigenvalue weighted by molar-refractivity contribution is 9.10. The number of halogens is 5. The highest BCUT2D eigenvalue weighted by Gasteiger charge is 2.30. The van der Waals surface area contributed by atoms with Gasteiger partial charge >= 0.3 is 35.8 Å². The summed E-state index contributed by atoms with van der Waals surface area (Å²) in [6.45, 7) is 2.05. The number of ketones is 3. The molecule has 0 unspecified atom stereocenters. The van der Waals surface area contributed by atoms with Gasteiger partial charge in [0.2, 0.25) is 0 Å². The van der Waals surface area contributed by atoms with Crippen molar-refractivity contribution in [1.82, 2.24) is 19.9 Å². The molecule has 0 fully saturated rings. The molecule has 23 nitrogen and oxygen atoms in total. The van der Waals surface area contributed by atoms with E-state index in [1.54, 1.807) is 73.1 Å². The zero-order chi connectivity index (χ0) is 90.5. The Morgan fingerprint density at radius 1 is 0.312 bits per heavy atom. The number of aliphatic carboxylic acids is 2. The number of aromatic nitrogens is 4. The molecule has 4 heterocycles. The van der Waals surface area contributed by atoms with E-state index in [4.69, 9.17) is 33.5 Å². The maximum Gasteiger partial charge on any atom is 0.377 e. The lowest BCUT2D eigenvalue weighted by molar-refractivity contribution is -0.132. The van der Waals surface area contributed by atoms with Crippen molar-refractivity contribution in [1.29, 1.82) is 0 Å². The molecule has 0 bridgehead atoms. The largest absolute Gasteiger partial charge is 0.505 e. The molecule has 29 heteroatoms. The van der Waals surface area contributed by atoms with Crippen LogP contribution in [-0.2, 0) is 74.0 Å². The predicted octanol–water partition coefficient (Wildman–Crippen LogP) is 17.5. The first kappa shape index (κ1) is 93.1. The summed E-state index contributed by atoms with van der Waals surface area (Å²) in [5.41, 5.74) is 10.1. The van der Waals surface area contributed by atoms with Gasteiger partial charge in [0.15, 0.2) is 28.8 Å². The molecule has 0 spiro atoms. The van der Waals surface area contributed by atoms with Crippen molar-refractivity contribution in [3.63, 3.8) is 0 Å². The van der Waals surface area contributed by atoms with E-state index >= 15 is 0 Å². The molecule has 0 saturated carbocycles. The molecule has 4 aromatic heterocycles. The summed E-state index contributed by atoms with van der Waals surface area (Å²) in [6.07, 6.45) is 8.19. The van der Waals surface area contributed by atoms with Crippen LogP contribution < -0.4 is 14.2 Å². The Balaban J connectivity index is 0.000000165. The van der Waals surface area contributed by atoms with Crippen LogP contribution in [0.25, 0.3) is 43.6 Å². The molecule has 15 aromatic rings. The number of phenolic OH excluding ortho intramolecular Hbond substituents is 1. The molecule has 0 aliphatic heterocycles. The lowest BCUT2D eigenvalue weighted by atomic mass is 9.97. The Morgan fingerprint density at radius 2 is 0.570 bits per heavy atom. The molecule has 0 radical (unpaired) electrons. The number of methoxy groups -OCH3 is 4. The number of esters is 4. The van der Waals surface area contributed by atoms with Crippen LogP contribution in [0, 0.1) is 23.3 Å². The number of carbonyl (C=O) groups is 9. The van der Waals surface area contributed by atoms with E-state index < -0.39 is 53.1 Å². The molecular formula is C99H79BBrF4N4O19-. The lowest BCUT2D eigenvalue weighted by Crippen LogP contribution is -2.16. The second-order valence-corrected chi connectivity index (χ2v) is 29.3. The van der Waals surface area contributed by atoms with Crippen LogP contribution in [0.5, 0.6) is 23.0 Å². The van der Waals surface area contributed by atoms with Crippen molar-refractivity contribution in [2.75, 3.05) is 28.4 Å². The number of carboxylic acid groups (broad SMARTS) is 2. The maximum absolute atomic E-state index is 13.3. The van der Waals surface area contributed by atoms with Crippen LogP contribution in [0.15, 0.2) is 266 Å². The highest BCUT2D eigenvalue weighted by atomic mass is 79.9. The summed E-state index contributed by atoms with van der Waals surface area (Å²) >= 11 is 3.55. The average Bonchev–Trinajstić information content (AvgIpc) is 0.773. The van der Waals surface area contributed by atoms with Gasteiger partial charge < -0.3 is 48.5 Å². The fraction of sp³-hybridized carbons (Fsp3) is 0.121. The SMILES string of the molecule is COC(=O)c1cc(Br)c2cc(Cc3ccc(F)cc3)cnc2c1OCc1ccccc1.COC(=O)c1cc(C(=O)C(=O)O)c2cc(Cc3ccc(F)cc3)cnc2c1O.COC(=O)c1cc(C(=O)C(=O)O)c2cc(Cc3ccc(F)cc3)cnc2c1OCc1ccccc1.COC(=O)c1cc(C(C)=O)c2cc(Cc3ccc(F)cc3)cnc2c1OCc1ccccc1.[BH4-]. The first-order chi connectivity index (χ1) is 61.2. The zero-order valence-electron chi connectivity index (χ0n) is 68.3. The third-order valence-corrected chi connectivity index (χ3v) is 20.4. The summed E-state index contributed by atoms with van der Waals surface area (Å²) in [6, 6.07) is 65.1. The monoisotopic (exact) mass is 1790 g/mol. The van der Waals surface area contributed by atoms with Crippen LogP contribution in [0.4, 0.5) is 17.6 Å². The van der Waals surface area contributed by atoms with Crippen molar-refractivity contribution >= 4 is 121 Å². The van der Waals surface area contributed by atoms with Crippen molar-refractivity contribution in [2.24, 2.45) is 0 Å². The third-order valence-electron chi connectivity index (χ3n) is 19.7. The van der Waals surface area contributed by atoms with Gasteiger partial charge in [0, 0.05) is 67.5 Å². The van der Waals surface area contributed by atoms with E-state index in [-0.39, 0.29) is 112 Å². The molecule has 15 rings (SSSR count). The van der Waals surface area contributed by atoms with E-state index in [2.05, 4.69) is 40.6 Å². The number of aromatic hydroxyl groups is 1. The molecule has 0 atom stereocenters. The number of pyridine rings is 4. The molecule has 0 amide bonds. The van der Waals surface area contributed by atoms with E-state index in [0.717, 1.165) is 74.7 Å². The van der Waals surface area contributed by atoms with Gasteiger partial charge in [-0.2, -0.15) is 0 Å². The molecule has 0 aliphatic rings.